The molecule has 6 nitrogen and oxygen atoms in total. The van der Waals surface area contributed by atoms with Crippen molar-refractivity contribution in [3.63, 3.8) is 0 Å². The zero-order chi connectivity index (χ0) is 18.1. The van der Waals surface area contributed by atoms with Crippen LogP contribution in [0.25, 0.3) is 22.3 Å². The van der Waals surface area contributed by atoms with Crippen molar-refractivity contribution in [1.29, 1.82) is 0 Å². The fourth-order valence-corrected chi connectivity index (χ4v) is 3.99. The normalized spacial score (nSPS) is 16.8. The molecule has 0 radical (unpaired) electrons. The number of thiophene rings is 1. The van der Waals surface area contributed by atoms with Crippen LogP contribution in [-0.2, 0) is 11.3 Å². The molecule has 1 fully saturated rings. The minimum atomic E-state index is 0.267. The second kappa shape index (κ2) is 7.09. The van der Waals surface area contributed by atoms with Crippen molar-refractivity contribution in [2.75, 3.05) is 11.9 Å². The third-order valence-corrected chi connectivity index (χ3v) is 5.38. The first-order chi connectivity index (χ1) is 13.3. The van der Waals surface area contributed by atoms with Gasteiger partial charge in [0.1, 0.15) is 5.82 Å². The summed E-state index contributed by atoms with van der Waals surface area (Å²) in [5.74, 6) is 1.52. The van der Waals surface area contributed by atoms with Crippen molar-refractivity contribution in [2.45, 2.75) is 25.5 Å². The van der Waals surface area contributed by atoms with Gasteiger partial charge < -0.3 is 10.1 Å². The van der Waals surface area contributed by atoms with Gasteiger partial charge in [0.15, 0.2) is 5.82 Å². The molecule has 1 N–H and O–H groups in total. The maximum Gasteiger partial charge on any atom is 0.163 e. The van der Waals surface area contributed by atoms with Gasteiger partial charge in [-0.15, -0.1) is 0 Å². The molecular formula is C20H19N5OS. The lowest BCUT2D eigenvalue weighted by Crippen LogP contribution is -2.15. The molecule has 5 rings (SSSR count). The van der Waals surface area contributed by atoms with Gasteiger partial charge in [-0.1, -0.05) is 12.1 Å². The van der Waals surface area contributed by atoms with E-state index in [-0.39, 0.29) is 6.10 Å². The van der Waals surface area contributed by atoms with E-state index in [2.05, 4.69) is 15.8 Å². The van der Waals surface area contributed by atoms with Gasteiger partial charge in [-0.05, 0) is 36.4 Å². The fraction of sp³-hybridized carbons (Fsp3) is 0.250. The number of hydrogen-bond acceptors (Lipinski definition) is 6. The molecule has 1 aromatic carbocycles. The molecule has 1 aliphatic rings. The van der Waals surface area contributed by atoms with Gasteiger partial charge in [0.05, 0.1) is 30.0 Å². The fourth-order valence-electron chi connectivity index (χ4n) is 3.35. The van der Waals surface area contributed by atoms with E-state index in [1.807, 2.05) is 52.8 Å². The van der Waals surface area contributed by atoms with Gasteiger partial charge in [0.2, 0.25) is 0 Å². The summed E-state index contributed by atoms with van der Waals surface area (Å²) in [5.41, 5.74) is 2.86. The van der Waals surface area contributed by atoms with Crippen LogP contribution in [0.4, 0.5) is 11.5 Å². The first-order valence-electron chi connectivity index (χ1n) is 9.05. The van der Waals surface area contributed by atoms with Gasteiger partial charge in [0, 0.05) is 29.1 Å². The Morgan fingerprint density at radius 3 is 3.04 bits per heavy atom. The smallest absolute Gasteiger partial charge is 0.163 e. The van der Waals surface area contributed by atoms with Gasteiger partial charge in [0.25, 0.3) is 0 Å². The van der Waals surface area contributed by atoms with Gasteiger partial charge in [-0.3, -0.25) is 4.68 Å². The summed E-state index contributed by atoms with van der Waals surface area (Å²) in [7, 11) is 0. The topological polar surface area (TPSA) is 64.9 Å². The number of anilines is 2. The van der Waals surface area contributed by atoms with E-state index in [1.54, 1.807) is 11.3 Å². The summed E-state index contributed by atoms with van der Waals surface area (Å²) in [5, 5.41) is 13.0. The van der Waals surface area contributed by atoms with Crippen LogP contribution in [0.5, 0.6) is 0 Å². The maximum atomic E-state index is 5.70. The number of rotatable bonds is 5. The first-order valence-corrected chi connectivity index (χ1v) is 10.00. The Morgan fingerprint density at radius 1 is 1.22 bits per heavy atom. The highest BCUT2D eigenvalue weighted by Crippen LogP contribution is 2.28. The lowest BCUT2D eigenvalue weighted by Gasteiger charge is -2.10. The Balaban J connectivity index is 1.46. The predicted octanol–water partition coefficient (Wildman–Crippen LogP) is 4.48. The number of benzene rings is 1. The zero-order valence-corrected chi connectivity index (χ0v) is 15.5. The average molecular weight is 377 g/mol. The summed E-state index contributed by atoms with van der Waals surface area (Å²) in [4.78, 5) is 9.49. The number of aromatic nitrogens is 4. The predicted molar refractivity (Wildman–Crippen MR) is 107 cm³/mol. The molecule has 1 aliphatic heterocycles. The lowest BCUT2D eigenvalue weighted by molar-refractivity contribution is 0.0940. The van der Waals surface area contributed by atoms with Crippen LogP contribution in [0, 0.1) is 0 Å². The third kappa shape index (κ3) is 3.43. The van der Waals surface area contributed by atoms with E-state index >= 15 is 0 Å². The number of para-hydroxylation sites is 1. The Labute approximate surface area is 160 Å². The molecule has 3 aromatic heterocycles. The van der Waals surface area contributed by atoms with Crippen molar-refractivity contribution in [1.82, 2.24) is 19.7 Å². The Bertz CT molecular complexity index is 1050. The quantitative estimate of drug-likeness (QED) is 0.556. The van der Waals surface area contributed by atoms with E-state index < -0.39 is 0 Å². The molecular weight excluding hydrogens is 358 g/mol. The average Bonchev–Trinajstić information content (AvgIpc) is 3.45. The SMILES string of the molecule is c1ccc2c(Nc3cnn(CC4CCCO4)c3)nc(-c3ccsc3)nc2c1. The van der Waals surface area contributed by atoms with E-state index in [9.17, 15) is 0 Å². The van der Waals surface area contributed by atoms with E-state index in [0.717, 1.165) is 59.8 Å². The molecule has 1 unspecified atom stereocenters. The zero-order valence-electron chi connectivity index (χ0n) is 14.7. The third-order valence-electron chi connectivity index (χ3n) is 4.69. The number of nitrogens with zero attached hydrogens (tertiary/aromatic N) is 4. The minimum absolute atomic E-state index is 0.267. The molecule has 0 aliphatic carbocycles. The molecule has 0 amide bonds. The molecule has 0 saturated carbocycles. The molecule has 4 heterocycles. The summed E-state index contributed by atoms with van der Waals surface area (Å²) >= 11 is 1.64. The van der Waals surface area contributed by atoms with Crippen molar-refractivity contribution in [2.24, 2.45) is 0 Å². The lowest BCUT2D eigenvalue weighted by atomic mass is 10.2. The molecule has 7 heteroatoms. The molecule has 1 atom stereocenters. The number of hydrogen-bond donors (Lipinski definition) is 1. The second-order valence-corrected chi connectivity index (χ2v) is 7.42. The summed E-state index contributed by atoms with van der Waals surface area (Å²) in [6.45, 7) is 1.64. The van der Waals surface area contributed by atoms with Gasteiger partial charge in [-0.25, -0.2) is 9.97 Å². The van der Waals surface area contributed by atoms with Crippen molar-refractivity contribution in [3.8, 4) is 11.4 Å². The van der Waals surface area contributed by atoms with Crippen LogP contribution in [0.15, 0.2) is 53.5 Å². The number of fused-ring (bicyclic) bond motifs is 1. The van der Waals surface area contributed by atoms with Crippen LogP contribution >= 0.6 is 11.3 Å². The molecule has 4 aromatic rings. The number of nitrogens with one attached hydrogen (secondary N) is 1. The summed E-state index contributed by atoms with van der Waals surface area (Å²) in [6, 6.07) is 10.1. The second-order valence-electron chi connectivity index (χ2n) is 6.64. The monoisotopic (exact) mass is 377 g/mol. The summed E-state index contributed by atoms with van der Waals surface area (Å²) in [6.07, 6.45) is 6.33. The largest absolute Gasteiger partial charge is 0.376 e. The van der Waals surface area contributed by atoms with Crippen molar-refractivity contribution >= 4 is 33.7 Å². The molecule has 0 bridgehead atoms. The standard InChI is InChI=1S/C20H19N5OS/c1-2-6-18-17(5-1)20(24-19(23-18)14-7-9-27-13-14)22-15-10-21-25(11-15)12-16-4-3-8-26-16/h1-2,5-7,9-11,13,16H,3-4,8,12H2,(H,22,23,24). The van der Waals surface area contributed by atoms with E-state index in [4.69, 9.17) is 14.7 Å². The Morgan fingerprint density at radius 2 is 2.19 bits per heavy atom. The van der Waals surface area contributed by atoms with Gasteiger partial charge >= 0.3 is 0 Å². The molecule has 0 spiro atoms. The Hall–Kier alpha value is -2.77. The minimum Gasteiger partial charge on any atom is -0.376 e. The highest BCUT2D eigenvalue weighted by Gasteiger charge is 2.17. The number of ether oxygens (including phenoxy) is 1. The maximum absolute atomic E-state index is 5.70. The molecule has 1 saturated heterocycles. The summed E-state index contributed by atoms with van der Waals surface area (Å²) < 4.78 is 7.63. The van der Waals surface area contributed by atoms with Crippen molar-refractivity contribution in [3.05, 3.63) is 53.5 Å². The molecule has 136 valence electrons. The first kappa shape index (κ1) is 16.4. The highest BCUT2D eigenvalue weighted by molar-refractivity contribution is 7.08. The molecule has 27 heavy (non-hydrogen) atoms. The van der Waals surface area contributed by atoms with Crippen LogP contribution in [-0.4, -0.2) is 32.5 Å². The van der Waals surface area contributed by atoms with E-state index in [0.29, 0.717) is 0 Å². The Kier molecular flexibility index (Phi) is 4.31. The van der Waals surface area contributed by atoms with E-state index in [1.165, 1.54) is 0 Å². The van der Waals surface area contributed by atoms with Crippen LogP contribution in [0.2, 0.25) is 0 Å². The van der Waals surface area contributed by atoms with Gasteiger partial charge in [-0.2, -0.15) is 16.4 Å². The highest BCUT2D eigenvalue weighted by atomic mass is 32.1. The van der Waals surface area contributed by atoms with Crippen LogP contribution < -0.4 is 5.32 Å². The van der Waals surface area contributed by atoms with Crippen LogP contribution in [0.1, 0.15) is 12.8 Å². The van der Waals surface area contributed by atoms with Crippen LogP contribution in [0.3, 0.4) is 0 Å². The van der Waals surface area contributed by atoms with Crippen molar-refractivity contribution < 1.29 is 4.74 Å².